The number of fused-ring (bicyclic) bond motifs is 1. The Morgan fingerprint density at radius 1 is 0.833 bits per heavy atom. The summed E-state index contributed by atoms with van der Waals surface area (Å²) in [5.74, 6) is 3.02. The highest BCUT2D eigenvalue weighted by atomic mass is 15.2. The molecule has 0 spiro atoms. The molecule has 2 aliphatic carbocycles. The zero-order valence-electron chi connectivity index (χ0n) is 11.1. The minimum Gasteiger partial charge on any atom is -0.300 e. The standard InChI is InChI=1S/C17H23N/c1-2-4-13(5-3-1)14-6-8-17(9-7-14)18-11-15-10-16(15)12-18/h1-5,14-17H,6-12H2/t14?,15-,16+,17?. The quantitative estimate of drug-likeness (QED) is 0.763. The summed E-state index contributed by atoms with van der Waals surface area (Å²) in [6.07, 6.45) is 7.20. The number of hydrogen-bond acceptors (Lipinski definition) is 1. The van der Waals surface area contributed by atoms with Crippen LogP contribution in [-0.4, -0.2) is 24.0 Å². The average Bonchev–Trinajstić information content (AvgIpc) is 3.06. The molecule has 0 amide bonds. The fourth-order valence-corrected chi connectivity index (χ4v) is 4.23. The van der Waals surface area contributed by atoms with E-state index in [0.29, 0.717) is 0 Å². The Labute approximate surface area is 110 Å². The number of nitrogens with zero attached hydrogens (tertiary/aromatic N) is 1. The van der Waals surface area contributed by atoms with Crippen molar-refractivity contribution in [2.45, 2.75) is 44.1 Å². The molecule has 1 saturated heterocycles. The average molecular weight is 241 g/mol. The lowest BCUT2D eigenvalue weighted by atomic mass is 9.81. The van der Waals surface area contributed by atoms with Crippen LogP contribution < -0.4 is 0 Å². The molecule has 1 aliphatic heterocycles. The molecule has 0 aromatic heterocycles. The summed E-state index contributed by atoms with van der Waals surface area (Å²) >= 11 is 0. The molecule has 3 aliphatic rings. The molecule has 4 rings (SSSR count). The van der Waals surface area contributed by atoms with Crippen molar-refractivity contribution in [2.75, 3.05) is 13.1 Å². The highest BCUT2D eigenvalue weighted by Gasteiger charge is 2.46. The van der Waals surface area contributed by atoms with Crippen LogP contribution in [0.5, 0.6) is 0 Å². The minimum atomic E-state index is 0.833. The van der Waals surface area contributed by atoms with E-state index in [1.807, 2.05) is 0 Å². The van der Waals surface area contributed by atoms with E-state index < -0.39 is 0 Å². The molecule has 0 unspecified atom stereocenters. The summed E-state index contributed by atoms with van der Waals surface area (Å²) < 4.78 is 0. The first-order valence-electron chi connectivity index (χ1n) is 7.69. The second-order valence-corrected chi connectivity index (χ2v) is 6.63. The zero-order chi connectivity index (χ0) is 11.9. The Morgan fingerprint density at radius 2 is 1.50 bits per heavy atom. The summed E-state index contributed by atoms with van der Waals surface area (Å²) in [7, 11) is 0. The number of rotatable bonds is 2. The van der Waals surface area contributed by atoms with Crippen molar-refractivity contribution in [2.24, 2.45) is 11.8 Å². The van der Waals surface area contributed by atoms with Gasteiger partial charge in [0.15, 0.2) is 0 Å². The maximum Gasteiger partial charge on any atom is 0.00959 e. The van der Waals surface area contributed by atoms with Crippen molar-refractivity contribution in [1.29, 1.82) is 0 Å². The summed E-state index contributed by atoms with van der Waals surface area (Å²) in [5.41, 5.74) is 1.57. The second-order valence-electron chi connectivity index (χ2n) is 6.63. The van der Waals surface area contributed by atoms with E-state index in [0.717, 1.165) is 23.8 Å². The van der Waals surface area contributed by atoms with Crippen LogP contribution in [0.1, 0.15) is 43.6 Å². The van der Waals surface area contributed by atoms with Gasteiger partial charge >= 0.3 is 0 Å². The predicted octanol–water partition coefficient (Wildman–Crippen LogP) is 3.66. The summed E-state index contributed by atoms with van der Waals surface area (Å²) in [6, 6.07) is 12.1. The Morgan fingerprint density at radius 3 is 2.17 bits per heavy atom. The van der Waals surface area contributed by atoms with Gasteiger partial charge in [-0.15, -0.1) is 0 Å². The molecule has 0 radical (unpaired) electrons. The van der Waals surface area contributed by atoms with Crippen molar-refractivity contribution in [3.8, 4) is 0 Å². The van der Waals surface area contributed by atoms with Crippen LogP contribution in [0, 0.1) is 11.8 Å². The van der Waals surface area contributed by atoms with Gasteiger partial charge in [0.25, 0.3) is 0 Å². The number of likely N-dealkylation sites (tertiary alicyclic amines) is 1. The predicted molar refractivity (Wildman–Crippen MR) is 74.6 cm³/mol. The topological polar surface area (TPSA) is 3.24 Å². The van der Waals surface area contributed by atoms with Gasteiger partial charge in [-0.05, 0) is 55.4 Å². The van der Waals surface area contributed by atoms with Crippen molar-refractivity contribution >= 4 is 0 Å². The van der Waals surface area contributed by atoms with Crippen LogP contribution in [0.4, 0.5) is 0 Å². The van der Waals surface area contributed by atoms with E-state index in [2.05, 4.69) is 35.2 Å². The van der Waals surface area contributed by atoms with Gasteiger partial charge < -0.3 is 0 Å². The highest BCUT2D eigenvalue weighted by Crippen LogP contribution is 2.47. The number of piperidine rings is 1. The third-order valence-electron chi connectivity index (χ3n) is 5.49. The summed E-state index contributed by atoms with van der Waals surface area (Å²) in [5, 5.41) is 0. The zero-order valence-corrected chi connectivity index (χ0v) is 11.1. The molecule has 96 valence electrons. The SMILES string of the molecule is c1ccc(C2CCC(N3C[C@H]4C[C@H]4C3)CC2)cc1. The molecule has 1 heterocycles. The number of hydrogen-bond donors (Lipinski definition) is 0. The van der Waals surface area contributed by atoms with Gasteiger partial charge in [0.2, 0.25) is 0 Å². The molecule has 2 atom stereocenters. The molecule has 18 heavy (non-hydrogen) atoms. The first-order chi connectivity index (χ1) is 8.90. The lowest BCUT2D eigenvalue weighted by Crippen LogP contribution is -2.37. The minimum absolute atomic E-state index is 0.833. The van der Waals surface area contributed by atoms with Crippen LogP contribution in [0.3, 0.4) is 0 Å². The lowest BCUT2D eigenvalue weighted by Gasteiger charge is -2.35. The van der Waals surface area contributed by atoms with Gasteiger partial charge in [-0.3, -0.25) is 4.90 Å². The first-order valence-corrected chi connectivity index (χ1v) is 7.69. The smallest absolute Gasteiger partial charge is 0.00959 e. The van der Waals surface area contributed by atoms with Crippen LogP contribution >= 0.6 is 0 Å². The third-order valence-corrected chi connectivity index (χ3v) is 5.49. The second kappa shape index (κ2) is 4.38. The first kappa shape index (κ1) is 11.0. The largest absolute Gasteiger partial charge is 0.300 e. The fraction of sp³-hybridized carbons (Fsp3) is 0.647. The van der Waals surface area contributed by atoms with Crippen molar-refractivity contribution < 1.29 is 0 Å². The molecule has 1 aromatic carbocycles. The van der Waals surface area contributed by atoms with Gasteiger partial charge in [-0.1, -0.05) is 30.3 Å². The third kappa shape index (κ3) is 1.99. The van der Waals surface area contributed by atoms with Gasteiger partial charge in [0.1, 0.15) is 0 Å². The van der Waals surface area contributed by atoms with E-state index in [-0.39, 0.29) is 0 Å². The normalized spacial score (nSPS) is 39.6. The Balaban J connectivity index is 1.35. The molecular weight excluding hydrogens is 218 g/mol. The van der Waals surface area contributed by atoms with Gasteiger partial charge in [-0.2, -0.15) is 0 Å². The maximum atomic E-state index is 2.81. The van der Waals surface area contributed by atoms with Crippen molar-refractivity contribution in [1.82, 2.24) is 4.90 Å². The molecule has 1 heteroatoms. The van der Waals surface area contributed by atoms with Crippen LogP contribution in [0.25, 0.3) is 0 Å². The Bertz CT molecular complexity index is 395. The van der Waals surface area contributed by atoms with Gasteiger partial charge in [0.05, 0.1) is 0 Å². The molecule has 0 bridgehead atoms. The van der Waals surface area contributed by atoms with E-state index >= 15 is 0 Å². The van der Waals surface area contributed by atoms with Gasteiger partial charge in [-0.25, -0.2) is 0 Å². The van der Waals surface area contributed by atoms with E-state index in [1.54, 1.807) is 5.56 Å². The van der Waals surface area contributed by atoms with Crippen molar-refractivity contribution in [3.05, 3.63) is 35.9 Å². The molecule has 2 saturated carbocycles. The summed E-state index contributed by atoms with van der Waals surface area (Å²) in [6.45, 7) is 2.84. The monoisotopic (exact) mass is 241 g/mol. The van der Waals surface area contributed by atoms with Crippen molar-refractivity contribution in [3.63, 3.8) is 0 Å². The lowest BCUT2D eigenvalue weighted by molar-refractivity contribution is 0.166. The highest BCUT2D eigenvalue weighted by molar-refractivity contribution is 5.20. The van der Waals surface area contributed by atoms with Crippen LogP contribution in [0.2, 0.25) is 0 Å². The van der Waals surface area contributed by atoms with E-state index in [1.165, 1.54) is 45.2 Å². The fourth-order valence-electron chi connectivity index (χ4n) is 4.23. The molecule has 3 fully saturated rings. The Kier molecular flexibility index (Phi) is 2.69. The molecule has 0 N–H and O–H groups in total. The summed E-state index contributed by atoms with van der Waals surface area (Å²) in [4.78, 5) is 2.81. The molecule has 1 nitrogen and oxygen atoms in total. The molecular formula is C17H23N. The molecule has 1 aromatic rings. The van der Waals surface area contributed by atoms with Gasteiger partial charge in [0, 0.05) is 19.1 Å². The van der Waals surface area contributed by atoms with Crippen LogP contribution in [-0.2, 0) is 0 Å². The van der Waals surface area contributed by atoms with E-state index in [4.69, 9.17) is 0 Å². The number of benzene rings is 1. The van der Waals surface area contributed by atoms with Crippen LogP contribution in [0.15, 0.2) is 30.3 Å². The Hall–Kier alpha value is -0.820. The maximum absolute atomic E-state index is 2.81. The van der Waals surface area contributed by atoms with E-state index in [9.17, 15) is 0 Å².